The molecule has 1 saturated heterocycles. The van der Waals surface area contributed by atoms with E-state index in [9.17, 15) is 0 Å². The smallest absolute Gasteiger partial charge is 0.231 e. The first-order chi connectivity index (χ1) is 10.8. The van der Waals surface area contributed by atoms with Crippen LogP contribution in [0.15, 0.2) is 24.3 Å². The summed E-state index contributed by atoms with van der Waals surface area (Å²) in [5.41, 5.74) is 1.62. The zero-order valence-corrected chi connectivity index (χ0v) is 12.4. The minimum atomic E-state index is 0.238. The van der Waals surface area contributed by atoms with Gasteiger partial charge in [-0.1, -0.05) is 0 Å². The van der Waals surface area contributed by atoms with Gasteiger partial charge in [0.15, 0.2) is 17.3 Å². The molecule has 114 valence electrons. The Kier molecular flexibility index (Phi) is 3.21. The number of anilines is 1. The number of nitrogens with zero attached hydrogens (tertiary/aromatic N) is 3. The van der Waals surface area contributed by atoms with Crippen LogP contribution in [0.5, 0.6) is 17.2 Å². The van der Waals surface area contributed by atoms with Gasteiger partial charge in [-0.15, -0.1) is 10.2 Å². The molecular formula is C16H17N3O3. The predicted molar refractivity (Wildman–Crippen MR) is 81.6 cm³/mol. The Balaban J connectivity index is 1.69. The van der Waals surface area contributed by atoms with Crippen molar-refractivity contribution in [2.45, 2.75) is 12.8 Å². The summed E-state index contributed by atoms with van der Waals surface area (Å²) in [6.45, 7) is 2.35. The number of aromatic nitrogens is 2. The number of rotatable bonds is 3. The topological polar surface area (TPSA) is 56.7 Å². The minimum absolute atomic E-state index is 0.238. The van der Waals surface area contributed by atoms with Gasteiger partial charge in [0, 0.05) is 24.7 Å². The second kappa shape index (κ2) is 5.36. The van der Waals surface area contributed by atoms with E-state index in [0.717, 1.165) is 30.2 Å². The van der Waals surface area contributed by atoms with E-state index < -0.39 is 0 Å². The fourth-order valence-corrected chi connectivity index (χ4v) is 2.88. The summed E-state index contributed by atoms with van der Waals surface area (Å²) in [7, 11) is 1.63. The van der Waals surface area contributed by atoms with Gasteiger partial charge in [-0.05, 0) is 31.0 Å². The number of fused-ring (bicyclic) bond motifs is 1. The van der Waals surface area contributed by atoms with Crippen molar-refractivity contribution in [2.24, 2.45) is 0 Å². The van der Waals surface area contributed by atoms with Crippen molar-refractivity contribution in [1.29, 1.82) is 0 Å². The van der Waals surface area contributed by atoms with Crippen molar-refractivity contribution in [1.82, 2.24) is 10.2 Å². The molecule has 2 aliphatic rings. The van der Waals surface area contributed by atoms with E-state index in [1.54, 1.807) is 7.11 Å². The molecule has 0 unspecified atom stereocenters. The maximum Gasteiger partial charge on any atom is 0.231 e. The number of methoxy groups -OCH3 is 1. The Bertz CT molecular complexity index is 682. The van der Waals surface area contributed by atoms with Crippen LogP contribution in [0.4, 0.5) is 5.82 Å². The van der Waals surface area contributed by atoms with E-state index in [0.29, 0.717) is 17.2 Å². The normalized spacial score (nSPS) is 16.1. The monoisotopic (exact) mass is 299 g/mol. The van der Waals surface area contributed by atoms with E-state index in [-0.39, 0.29) is 6.79 Å². The van der Waals surface area contributed by atoms with Crippen LogP contribution in [0.25, 0.3) is 11.3 Å². The Morgan fingerprint density at radius 2 is 1.82 bits per heavy atom. The molecular weight excluding hydrogens is 282 g/mol. The Hall–Kier alpha value is -2.50. The maximum atomic E-state index is 5.44. The van der Waals surface area contributed by atoms with Crippen molar-refractivity contribution in [2.75, 3.05) is 31.9 Å². The van der Waals surface area contributed by atoms with Crippen molar-refractivity contribution in [3.8, 4) is 28.5 Å². The first kappa shape index (κ1) is 13.2. The second-order valence-electron chi connectivity index (χ2n) is 5.38. The summed E-state index contributed by atoms with van der Waals surface area (Å²) in [6.07, 6.45) is 2.44. The molecule has 0 amide bonds. The van der Waals surface area contributed by atoms with Gasteiger partial charge in [0.25, 0.3) is 0 Å². The van der Waals surface area contributed by atoms with E-state index in [4.69, 9.17) is 14.2 Å². The molecule has 0 atom stereocenters. The lowest BCUT2D eigenvalue weighted by atomic mass is 10.1. The zero-order valence-electron chi connectivity index (χ0n) is 12.4. The first-order valence-corrected chi connectivity index (χ1v) is 7.42. The standard InChI is InChI=1S/C16H17N3O3/c1-20-13-9-15-14(21-10-22-15)8-11(13)12-4-5-16(18-17-12)19-6-2-3-7-19/h4-5,8-9H,2-3,6-7,10H2,1H3. The molecule has 0 bridgehead atoms. The average Bonchev–Trinajstić information content (AvgIpc) is 3.25. The highest BCUT2D eigenvalue weighted by Gasteiger charge is 2.20. The largest absolute Gasteiger partial charge is 0.496 e. The molecule has 22 heavy (non-hydrogen) atoms. The van der Waals surface area contributed by atoms with Gasteiger partial charge in [-0.3, -0.25) is 0 Å². The molecule has 4 rings (SSSR count). The van der Waals surface area contributed by atoms with E-state index >= 15 is 0 Å². The van der Waals surface area contributed by atoms with Crippen LogP contribution in [0.2, 0.25) is 0 Å². The quantitative estimate of drug-likeness (QED) is 0.868. The minimum Gasteiger partial charge on any atom is -0.496 e. The van der Waals surface area contributed by atoms with Crippen LogP contribution in [-0.4, -0.2) is 37.2 Å². The molecule has 6 nitrogen and oxygen atoms in total. The highest BCUT2D eigenvalue weighted by molar-refractivity contribution is 5.72. The highest BCUT2D eigenvalue weighted by atomic mass is 16.7. The second-order valence-corrected chi connectivity index (χ2v) is 5.38. The summed E-state index contributed by atoms with van der Waals surface area (Å²) < 4.78 is 16.2. The fourth-order valence-electron chi connectivity index (χ4n) is 2.88. The molecule has 2 aliphatic heterocycles. The van der Waals surface area contributed by atoms with Gasteiger partial charge in [0.05, 0.1) is 12.8 Å². The molecule has 0 aliphatic carbocycles. The highest BCUT2D eigenvalue weighted by Crippen LogP contribution is 2.41. The first-order valence-electron chi connectivity index (χ1n) is 7.42. The number of hydrogen-bond acceptors (Lipinski definition) is 6. The Morgan fingerprint density at radius 3 is 2.50 bits per heavy atom. The number of hydrogen-bond donors (Lipinski definition) is 0. The molecule has 1 aromatic heterocycles. The molecule has 0 radical (unpaired) electrons. The van der Waals surface area contributed by atoms with Crippen LogP contribution in [0.1, 0.15) is 12.8 Å². The van der Waals surface area contributed by atoms with E-state index in [2.05, 4.69) is 15.1 Å². The maximum absolute atomic E-state index is 5.44. The molecule has 0 saturated carbocycles. The van der Waals surface area contributed by atoms with Gasteiger partial charge in [0.2, 0.25) is 6.79 Å². The predicted octanol–water partition coefficient (Wildman–Crippen LogP) is 2.48. The summed E-state index contributed by atoms with van der Waals surface area (Å²) >= 11 is 0. The van der Waals surface area contributed by atoms with Crippen molar-refractivity contribution >= 4 is 5.82 Å². The van der Waals surface area contributed by atoms with E-state index in [1.807, 2.05) is 24.3 Å². The molecule has 0 spiro atoms. The molecule has 1 fully saturated rings. The number of ether oxygens (including phenoxy) is 3. The summed E-state index contributed by atoms with van der Waals surface area (Å²) in [4.78, 5) is 2.26. The van der Waals surface area contributed by atoms with Gasteiger partial charge in [0.1, 0.15) is 5.75 Å². The van der Waals surface area contributed by atoms with Gasteiger partial charge >= 0.3 is 0 Å². The third-order valence-electron chi connectivity index (χ3n) is 4.05. The third-order valence-corrected chi connectivity index (χ3v) is 4.05. The van der Waals surface area contributed by atoms with Gasteiger partial charge < -0.3 is 19.1 Å². The third kappa shape index (κ3) is 2.20. The summed E-state index contributed by atoms with van der Waals surface area (Å²) in [6, 6.07) is 7.70. The molecule has 6 heteroatoms. The lowest BCUT2D eigenvalue weighted by Crippen LogP contribution is -2.19. The Labute approximate surface area is 128 Å². The Morgan fingerprint density at radius 1 is 1.05 bits per heavy atom. The summed E-state index contributed by atoms with van der Waals surface area (Å²) in [5, 5.41) is 8.71. The van der Waals surface area contributed by atoms with E-state index in [1.165, 1.54) is 12.8 Å². The van der Waals surface area contributed by atoms with Crippen molar-refractivity contribution < 1.29 is 14.2 Å². The van der Waals surface area contributed by atoms with Crippen LogP contribution in [-0.2, 0) is 0 Å². The van der Waals surface area contributed by atoms with Crippen LogP contribution in [0.3, 0.4) is 0 Å². The fraction of sp³-hybridized carbons (Fsp3) is 0.375. The van der Waals surface area contributed by atoms with Gasteiger partial charge in [-0.25, -0.2) is 0 Å². The van der Waals surface area contributed by atoms with Gasteiger partial charge in [-0.2, -0.15) is 0 Å². The molecule has 0 N–H and O–H groups in total. The SMILES string of the molecule is COc1cc2c(cc1-c1ccc(N3CCCC3)nn1)OCO2. The van der Waals surface area contributed by atoms with Crippen LogP contribution in [0, 0.1) is 0 Å². The lowest BCUT2D eigenvalue weighted by molar-refractivity contribution is 0.174. The van der Waals surface area contributed by atoms with Crippen LogP contribution < -0.4 is 19.1 Å². The number of benzene rings is 1. The molecule has 1 aromatic carbocycles. The van der Waals surface area contributed by atoms with Crippen molar-refractivity contribution in [3.05, 3.63) is 24.3 Å². The summed E-state index contributed by atoms with van der Waals surface area (Å²) in [5.74, 6) is 3.04. The zero-order chi connectivity index (χ0) is 14.9. The average molecular weight is 299 g/mol. The molecule has 2 aromatic rings. The lowest BCUT2D eigenvalue weighted by Gasteiger charge is -2.15. The molecule has 3 heterocycles. The van der Waals surface area contributed by atoms with Crippen LogP contribution >= 0.6 is 0 Å². The van der Waals surface area contributed by atoms with Crippen molar-refractivity contribution in [3.63, 3.8) is 0 Å².